The predicted octanol–water partition coefficient (Wildman–Crippen LogP) is 2.34. The van der Waals surface area contributed by atoms with Gasteiger partial charge in [0.25, 0.3) is 0 Å². The summed E-state index contributed by atoms with van der Waals surface area (Å²) in [6.45, 7) is 2.84. The highest BCUT2D eigenvalue weighted by atomic mass is 32.2. The first-order chi connectivity index (χ1) is 13.9. The van der Waals surface area contributed by atoms with Crippen LogP contribution < -0.4 is 4.74 Å². The van der Waals surface area contributed by atoms with Gasteiger partial charge in [0.1, 0.15) is 11.6 Å². The first-order valence-corrected chi connectivity index (χ1v) is 11.1. The summed E-state index contributed by atoms with van der Waals surface area (Å²) in [5.41, 5.74) is 0.765. The van der Waals surface area contributed by atoms with Crippen LogP contribution in [0.3, 0.4) is 0 Å². The van der Waals surface area contributed by atoms with Crippen LogP contribution in [0.25, 0.3) is 0 Å². The van der Waals surface area contributed by atoms with Crippen molar-refractivity contribution in [2.75, 3.05) is 39.0 Å². The zero-order valence-corrected chi connectivity index (χ0v) is 17.2. The van der Waals surface area contributed by atoms with Crippen molar-refractivity contribution >= 4 is 15.7 Å². The molecule has 2 aromatic carbocycles. The van der Waals surface area contributed by atoms with Crippen LogP contribution in [-0.4, -0.2) is 63.2 Å². The maximum Gasteiger partial charge on any atom is 0.223 e. The Labute approximate surface area is 170 Å². The van der Waals surface area contributed by atoms with Gasteiger partial charge in [-0.05, 0) is 30.3 Å². The number of carbonyl (C=O) groups is 1. The van der Waals surface area contributed by atoms with E-state index < -0.39 is 9.84 Å². The average molecular weight is 421 g/mol. The number of benzene rings is 2. The van der Waals surface area contributed by atoms with Crippen LogP contribution in [0.4, 0.5) is 4.39 Å². The smallest absolute Gasteiger partial charge is 0.223 e. The summed E-state index contributed by atoms with van der Waals surface area (Å²) in [5, 5.41) is 0. The first kappa shape index (κ1) is 21.3. The lowest BCUT2D eigenvalue weighted by atomic mass is 10.1. The summed E-state index contributed by atoms with van der Waals surface area (Å²) in [6.07, 6.45) is -0.0328. The lowest BCUT2D eigenvalue weighted by Crippen LogP contribution is -2.48. The van der Waals surface area contributed by atoms with Crippen molar-refractivity contribution < 1.29 is 22.3 Å². The van der Waals surface area contributed by atoms with E-state index in [1.807, 2.05) is 0 Å². The molecule has 2 aromatic rings. The second-order valence-corrected chi connectivity index (χ2v) is 9.10. The molecule has 0 N–H and O–H groups in total. The van der Waals surface area contributed by atoms with Crippen LogP contribution in [0.5, 0.6) is 5.75 Å². The van der Waals surface area contributed by atoms with E-state index in [0.717, 1.165) is 5.56 Å². The largest absolute Gasteiger partial charge is 0.496 e. The normalized spacial score (nSPS) is 15.3. The Bertz CT molecular complexity index is 942. The number of piperazine rings is 1. The number of nitrogens with zero attached hydrogens (tertiary/aromatic N) is 2. The Morgan fingerprint density at radius 3 is 2.41 bits per heavy atom. The molecule has 0 spiro atoms. The van der Waals surface area contributed by atoms with Gasteiger partial charge in [-0.25, -0.2) is 12.8 Å². The molecule has 3 rings (SSSR count). The Morgan fingerprint density at radius 2 is 1.76 bits per heavy atom. The summed E-state index contributed by atoms with van der Waals surface area (Å²) in [6, 6.07) is 12.6. The van der Waals surface area contributed by atoms with Crippen LogP contribution in [0.2, 0.25) is 0 Å². The molecule has 0 atom stereocenters. The minimum absolute atomic E-state index is 0.0328. The number of rotatable bonds is 7. The monoisotopic (exact) mass is 420 g/mol. The van der Waals surface area contributed by atoms with Crippen LogP contribution in [0.15, 0.2) is 53.4 Å². The zero-order valence-electron chi connectivity index (χ0n) is 16.4. The number of amides is 1. The Balaban J connectivity index is 1.50. The van der Waals surface area contributed by atoms with E-state index in [4.69, 9.17) is 4.74 Å². The number of hydrogen-bond acceptors (Lipinski definition) is 5. The molecule has 1 fully saturated rings. The molecular weight excluding hydrogens is 395 g/mol. The van der Waals surface area contributed by atoms with Crippen molar-refractivity contribution in [3.05, 3.63) is 59.9 Å². The number of halogens is 1. The Kier molecular flexibility index (Phi) is 6.87. The third-order valence-corrected chi connectivity index (χ3v) is 6.78. The van der Waals surface area contributed by atoms with E-state index in [0.29, 0.717) is 38.5 Å². The minimum Gasteiger partial charge on any atom is -0.496 e. The molecule has 6 nitrogen and oxygen atoms in total. The highest BCUT2D eigenvalue weighted by Crippen LogP contribution is 2.22. The molecule has 0 unspecified atom stereocenters. The molecule has 0 bridgehead atoms. The van der Waals surface area contributed by atoms with Crippen LogP contribution in [-0.2, 0) is 21.2 Å². The quantitative estimate of drug-likeness (QED) is 0.688. The summed E-state index contributed by atoms with van der Waals surface area (Å²) in [4.78, 5) is 16.5. The number of ether oxygens (including phenoxy) is 1. The number of methoxy groups -OCH3 is 1. The first-order valence-electron chi connectivity index (χ1n) is 9.49. The highest BCUT2D eigenvalue weighted by molar-refractivity contribution is 7.91. The minimum atomic E-state index is -3.46. The molecule has 0 radical (unpaired) electrons. The Hall–Kier alpha value is -2.45. The zero-order chi connectivity index (χ0) is 20.9. The van der Waals surface area contributed by atoms with Crippen molar-refractivity contribution in [2.24, 2.45) is 0 Å². The molecule has 0 aliphatic carbocycles. The summed E-state index contributed by atoms with van der Waals surface area (Å²) >= 11 is 0. The third kappa shape index (κ3) is 5.55. The van der Waals surface area contributed by atoms with Crippen molar-refractivity contribution in [3.63, 3.8) is 0 Å². The molecule has 8 heteroatoms. The SMILES string of the molecule is COc1ccc(F)cc1CN1CCN(C(=O)CCS(=O)(=O)c2ccccc2)CC1. The van der Waals surface area contributed by atoms with Crippen molar-refractivity contribution in [3.8, 4) is 5.75 Å². The molecule has 29 heavy (non-hydrogen) atoms. The van der Waals surface area contributed by atoms with Gasteiger partial charge in [0.05, 0.1) is 17.8 Å². The standard InChI is InChI=1S/C21H25FN2O4S/c1-28-20-8-7-18(22)15-17(20)16-23-10-12-24(13-11-23)21(25)9-14-29(26,27)19-5-3-2-4-6-19/h2-8,15H,9-14,16H2,1H3. The second kappa shape index (κ2) is 9.37. The predicted molar refractivity (Wildman–Crippen MR) is 108 cm³/mol. The van der Waals surface area contributed by atoms with Gasteiger partial charge in [-0.3, -0.25) is 9.69 Å². The van der Waals surface area contributed by atoms with Gasteiger partial charge in [0.15, 0.2) is 9.84 Å². The van der Waals surface area contributed by atoms with E-state index in [-0.39, 0.29) is 28.8 Å². The fraction of sp³-hybridized carbons (Fsp3) is 0.381. The number of carbonyl (C=O) groups excluding carboxylic acids is 1. The lowest BCUT2D eigenvalue weighted by molar-refractivity contribution is -0.132. The van der Waals surface area contributed by atoms with Crippen molar-refractivity contribution in [1.82, 2.24) is 9.80 Å². The van der Waals surface area contributed by atoms with Gasteiger partial charge in [-0.15, -0.1) is 0 Å². The molecule has 1 heterocycles. The van der Waals surface area contributed by atoms with Gasteiger partial charge in [0, 0.05) is 44.7 Å². The van der Waals surface area contributed by atoms with Gasteiger partial charge >= 0.3 is 0 Å². The van der Waals surface area contributed by atoms with E-state index in [9.17, 15) is 17.6 Å². The summed E-state index contributed by atoms with van der Waals surface area (Å²) in [5.74, 6) is -0.0333. The molecule has 0 saturated carbocycles. The molecule has 1 aliphatic heterocycles. The molecule has 1 saturated heterocycles. The van der Waals surface area contributed by atoms with E-state index in [1.54, 1.807) is 48.4 Å². The third-order valence-electron chi connectivity index (χ3n) is 5.05. The second-order valence-electron chi connectivity index (χ2n) is 7.00. The molecule has 156 valence electrons. The fourth-order valence-electron chi connectivity index (χ4n) is 3.39. The number of sulfone groups is 1. The maximum atomic E-state index is 13.5. The van der Waals surface area contributed by atoms with E-state index >= 15 is 0 Å². The maximum absolute atomic E-state index is 13.5. The van der Waals surface area contributed by atoms with E-state index in [2.05, 4.69) is 4.90 Å². The van der Waals surface area contributed by atoms with Gasteiger partial charge in [-0.2, -0.15) is 0 Å². The van der Waals surface area contributed by atoms with Crippen molar-refractivity contribution in [1.29, 1.82) is 0 Å². The van der Waals surface area contributed by atoms with Gasteiger partial charge < -0.3 is 9.64 Å². The topological polar surface area (TPSA) is 66.9 Å². The van der Waals surface area contributed by atoms with E-state index in [1.165, 1.54) is 12.1 Å². The van der Waals surface area contributed by atoms with Crippen LogP contribution in [0, 0.1) is 5.82 Å². The highest BCUT2D eigenvalue weighted by Gasteiger charge is 2.24. The Morgan fingerprint density at radius 1 is 1.07 bits per heavy atom. The molecular formula is C21H25FN2O4S. The fourth-order valence-corrected chi connectivity index (χ4v) is 4.64. The van der Waals surface area contributed by atoms with Crippen molar-refractivity contribution in [2.45, 2.75) is 17.9 Å². The van der Waals surface area contributed by atoms with Crippen LogP contribution >= 0.6 is 0 Å². The van der Waals surface area contributed by atoms with Gasteiger partial charge in [0.2, 0.25) is 5.91 Å². The number of hydrogen-bond donors (Lipinski definition) is 0. The van der Waals surface area contributed by atoms with Gasteiger partial charge in [-0.1, -0.05) is 18.2 Å². The summed E-state index contributed by atoms with van der Waals surface area (Å²) < 4.78 is 43.5. The molecule has 1 amide bonds. The molecule has 0 aromatic heterocycles. The molecule has 1 aliphatic rings. The average Bonchev–Trinajstić information content (AvgIpc) is 2.73. The lowest BCUT2D eigenvalue weighted by Gasteiger charge is -2.35. The summed E-state index contributed by atoms with van der Waals surface area (Å²) in [7, 11) is -1.91. The van der Waals surface area contributed by atoms with Crippen LogP contribution in [0.1, 0.15) is 12.0 Å².